The van der Waals surface area contributed by atoms with Gasteiger partial charge >= 0.3 is 0 Å². The number of benzene rings is 2. The Hall–Kier alpha value is -3.47. The van der Waals surface area contributed by atoms with Crippen molar-refractivity contribution in [2.75, 3.05) is 5.32 Å². The smallest absolute Gasteiger partial charge is 0.225 e. The fourth-order valence-corrected chi connectivity index (χ4v) is 3.05. The topological polar surface area (TPSA) is 46.4 Å². The maximum absolute atomic E-state index is 13.7. The van der Waals surface area contributed by atoms with Gasteiger partial charge in [-0.15, -0.1) is 0 Å². The van der Waals surface area contributed by atoms with Gasteiger partial charge in [0.25, 0.3) is 0 Å². The Morgan fingerprint density at radius 3 is 2.63 bits per heavy atom. The van der Waals surface area contributed by atoms with E-state index < -0.39 is 0 Å². The molecule has 27 heavy (non-hydrogen) atoms. The molecule has 1 amide bonds. The molecule has 1 N–H and O–H groups in total. The number of anilines is 1. The number of fused-ring (bicyclic) bond motifs is 1. The molecule has 0 spiro atoms. The van der Waals surface area contributed by atoms with Gasteiger partial charge in [-0.05, 0) is 36.2 Å². The molecule has 0 fully saturated rings. The number of aryl methyl sites for hydroxylation is 1. The molecule has 2 heterocycles. The van der Waals surface area contributed by atoms with Crippen LogP contribution < -0.4 is 5.32 Å². The second-order valence-corrected chi connectivity index (χ2v) is 6.28. The first-order valence-electron chi connectivity index (χ1n) is 8.77. The van der Waals surface area contributed by atoms with Crippen molar-refractivity contribution in [1.29, 1.82) is 0 Å². The van der Waals surface area contributed by atoms with Crippen molar-refractivity contribution in [2.24, 2.45) is 0 Å². The summed E-state index contributed by atoms with van der Waals surface area (Å²) in [7, 11) is 0. The summed E-state index contributed by atoms with van der Waals surface area (Å²) in [5.74, 6) is 0.0994. The quantitative estimate of drug-likeness (QED) is 0.561. The molecule has 4 aromatic rings. The number of hydrogen-bond acceptors (Lipinski definition) is 2. The molecule has 134 valence electrons. The number of imidazole rings is 1. The van der Waals surface area contributed by atoms with Gasteiger partial charge in [0.1, 0.15) is 23.0 Å². The molecule has 2 aromatic carbocycles. The number of amides is 1. The first-order valence-corrected chi connectivity index (χ1v) is 8.77. The van der Waals surface area contributed by atoms with Gasteiger partial charge in [-0.2, -0.15) is 0 Å². The molecule has 0 unspecified atom stereocenters. The Morgan fingerprint density at radius 2 is 1.81 bits per heavy atom. The van der Waals surface area contributed by atoms with Crippen molar-refractivity contribution < 1.29 is 9.18 Å². The zero-order valence-electron chi connectivity index (χ0n) is 14.6. The number of rotatable bonds is 5. The highest BCUT2D eigenvalue weighted by atomic mass is 19.1. The fourth-order valence-electron chi connectivity index (χ4n) is 3.05. The van der Waals surface area contributed by atoms with E-state index in [9.17, 15) is 9.18 Å². The average molecular weight is 359 g/mol. The number of halogens is 1. The molecule has 0 saturated carbocycles. The minimum absolute atomic E-state index is 0.109. The van der Waals surface area contributed by atoms with E-state index in [1.165, 1.54) is 12.1 Å². The molecular weight excluding hydrogens is 341 g/mol. The van der Waals surface area contributed by atoms with Gasteiger partial charge in [-0.3, -0.25) is 9.20 Å². The summed E-state index contributed by atoms with van der Waals surface area (Å²) in [6, 6.07) is 21.7. The molecule has 4 nitrogen and oxygen atoms in total. The van der Waals surface area contributed by atoms with Gasteiger partial charge in [-0.25, -0.2) is 9.37 Å². The highest BCUT2D eigenvalue weighted by molar-refractivity contribution is 5.94. The van der Waals surface area contributed by atoms with Crippen LogP contribution in [0, 0.1) is 5.82 Å². The number of nitrogens with zero attached hydrogens (tertiary/aromatic N) is 2. The van der Waals surface area contributed by atoms with Crippen molar-refractivity contribution >= 4 is 17.4 Å². The normalized spacial score (nSPS) is 10.9. The van der Waals surface area contributed by atoms with Crippen molar-refractivity contribution in [2.45, 2.75) is 12.8 Å². The summed E-state index contributed by atoms with van der Waals surface area (Å²) in [5.41, 5.74) is 2.97. The molecule has 0 aliphatic carbocycles. The van der Waals surface area contributed by atoms with Gasteiger partial charge in [-0.1, -0.05) is 48.5 Å². The Morgan fingerprint density at radius 1 is 1.00 bits per heavy atom. The lowest BCUT2D eigenvalue weighted by Gasteiger charge is -2.08. The summed E-state index contributed by atoms with van der Waals surface area (Å²) in [6.45, 7) is 0. The van der Waals surface area contributed by atoms with Crippen LogP contribution in [0.25, 0.3) is 16.9 Å². The van der Waals surface area contributed by atoms with Crippen LogP contribution in [-0.2, 0) is 11.2 Å². The van der Waals surface area contributed by atoms with Gasteiger partial charge in [0.05, 0.1) is 0 Å². The first-order chi connectivity index (χ1) is 13.2. The summed E-state index contributed by atoms with van der Waals surface area (Å²) in [6.07, 6.45) is 2.84. The monoisotopic (exact) mass is 359 g/mol. The van der Waals surface area contributed by atoms with Gasteiger partial charge in [0.2, 0.25) is 5.91 Å². The lowest BCUT2D eigenvalue weighted by molar-refractivity contribution is -0.116. The van der Waals surface area contributed by atoms with Crippen LogP contribution in [0.4, 0.5) is 10.2 Å². The molecule has 0 radical (unpaired) electrons. The third kappa shape index (κ3) is 3.72. The molecular formula is C22H18FN3O. The van der Waals surface area contributed by atoms with Crippen LogP contribution >= 0.6 is 0 Å². The predicted octanol–water partition coefficient (Wildman–Crippen LogP) is 4.71. The second kappa shape index (κ2) is 7.41. The number of pyridine rings is 1. The number of nitrogens with one attached hydrogen (secondary N) is 1. The minimum atomic E-state index is -0.342. The highest BCUT2D eigenvalue weighted by Gasteiger charge is 2.16. The summed E-state index contributed by atoms with van der Waals surface area (Å²) < 4.78 is 15.5. The van der Waals surface area contributed by atoms with Crippen molar-refractivity contribution in [3.63, 3.8) is 0 Å². The van der Waals surface area contributed by atoms with E-state index in [0.29, 0.717) is 35.6 Å². The van der Waals surface area contributed by atoms with Crippen LogP contribution in [0.3, 0.4) is 0 Å². The average Bonchev–Trinajstić information content (AvgIpc) is 3.06. The summed E-state index contributed by atoms with van der Waals surface area (Å²) in [5, 5.41) is 2.96. The van der Waals surface area contributed by atoms with E-state index in [4.69, 9.17) is 0 Å². The summed E-state index contributed by atoms with van der Waals surface area (Å²) >= 11 is 0. The predicted molar refractivity (Wildman–Crippen MR) is 104 cm³/mol. The van der Waals surface area contributed by atoms with E-state index in [-0.39, 0.29) is 11.7 Å². The number of hydrogen-bond donors (Lipinski definition) is 1. The fraction of sp³-hybridized carbons (Fsp3) is 0.0909. The van der Waals surface area contributed by atoms with E-state index in [1.807, 2.05) is 54.7 Å². The SMILES string of the molecule is O=C(CCc1ccccc1)Nc1c(-c2cccc(F)c2)nc2ccccn12. The van der Waals surface area contributed by atoms with E-state index in [2.05, 4.69) is 10.3 Å². The summed E-state index contributed by atoms with van der Waals surface area (Å²) in [4.78, 5) is 17.1. The van der Waals surface area contributed by atoms with Crippen LogP contribution in [0.15, 0.2) is 79.0 Å². The van der Waals surface area contributed by atoms with Crippen LogP contribution in [0.1, 0.15) is 12.0 Å². The van der Waals surface area contributed by atoms with E-state index in [0.717, 1.165) is 5.56 Å². The maximum Gasteiger partial charge on any atom is 0.225 e. The Kier molecular flexibility index (Phi) is 4.66. The lowest BCUT2D eigenvalue weighted by atomic mass is 10.1. The molecule has 2 aromatic heterocycles. The highest BCUT2D eigenvalue weighted by Crippen LogP contribution is 2.29. The van der Waals surface area contributed by atoms with E-state index in [1.54, 1.807) is 16.5 Å². The molecule has 0 aliphatic heterocycles. The molecule has 0 saturated heterocycles. The minimum Gasteiger partial charge on any atom is -0.310 e. The molecule has 0 bridgehead atoms. The molecule has 0 aliphatic rings. The van der Waals surface area contributed by atoms with Crippen LogP contribution in [-0.4, -0.2) is 15.3 Å². The number of aromatic nitrogens is 2. The molecule has 4 rings (SSSR count). The van der Waals surface area contributed by atoms with E-state index >= 15 is 0 Å². The maximum atomic E-state index is 13.7. The Bertz CT molecular complexity index is 1090. The largest absolute Gasteiger partial charge is 0.310 e. The number of carbonyl (C=O) groups is 1. The Labute approximate surface area is 156 Å². The molecule has 0 atom stereocenters. The third-order valence-corrected chi connectivity index (χ3v) is 4.37. The van der Waals surface area contributed by atoms with Crippen molar-refractivity contribution in [3.05, 3.63) is 90.4 Å². The first kappa shape index (κ1) is 17.0. The van der Waals surface area contributed by atoms with Gasteiger partial charge < -0.3 is 5.32 Å². The number of carbonyl (C=O) groups excluding carboxylic acids is 1. The van der Waals surface area contributed by atoms with Crippen LogP contribution in [0.5, 0.6) is 0 Å². The van der Waals surface area contributed by atoms with Crippen molar-refractivity contribution in [1.82, 2.24) is 9.38 Å². The Balaban J connectivity index is 1.63. The standard InChI is InChI=1S/C22H18FN3O/c23-18-10-6-9-17(15-18)21-22(26-14-5-4-11-19(26)24-21)25-20(27)13-12-16-7-2-1-3-8-16/h1-11,14-15H,12-13H2,(H,25,27). The zero-order chi connectivity index (χ0) is 18.6. The van der Waals surface area contributed by atoms with Crippen LogP contribution in [0.2, 0.25) is 0 Å². The third-order valence-electron chi connectivity index (χ3n) is 4.37. The zero-order valence-corrected chi connectivity index (χ0v) is 14.6. The van der Waals surface area contributed by atoms with Gasteiger partial charge in [0.15, 0.2) is 0 Å². The molecule has 5 heteroatoms. The van der Waals surface area contributed by atoms with Crippen molar-refractivity contribution in [3.8, 4) is 11.3 Å². The van der Waals surface area contributed by atoms with Gasteiger partial charge in [0, 0.05) is 18.2 Å². The lowest BCUT2D eigenvalue weighted by Crippen LogP contribution is -2.14. The second-order valence-electron chi connectivity index (χ2n) is 6.28.